The van der Waals surface area contributed by atoms with Crippen molar-refractivity contribution in [3.8, 4) is 45.3 Å². The minimum Gasteiger partial charge on any atom is -0.265 e. The van der Waals surface area contributed by atoms with Gasteiger partial charge in [0.15, 0.2) is 17.5 Å². The molecule has 0 fully saturated rings. The van der Waals surface area contributed by atoms with Crippen molar-refractivity contribution in [3.63, 3.8) is 0 Å². The maximum atomic E-state index is 4.88. The number of hydrogen-bond donors (Lipinski definition) is 0. The highest BCUT2D eigenvalue weighted by atomic mass is 79.9. The monoisotopic (exact) mass is 593 g/mol. The maximum Gasteiger partial charge on any atom is 0.164 e. The zero-order valence-electron chi connectivity index (χ0n) is 18.8. The lowest BCUT2D eigenvalue weighted by atomic mass is 10.0. The predicted molar refractivity (Wildman–Crippen MR) is 150 cm³/mol. The number of aromatic nitrogens is 5. The van der Waals surface area contributed by atoms with Gasteiger partial charge in [-0.1, -0.05) is 62.2 Å². The first-order valence-corrected chi connectivity index (χ1v) is 12.8. The van der Waals surface area contributed by atoms with Crippen LogP contribution in [0.2, 0.25) is 0 Å². The zero-order valence-corrected chi connectivity index (χ0v) is 22.0. The first-order chi connectivity index (χ1) is 17.6. The molecule has 36 heavy (non-hydrogen) atoms. The fraction of sp³-hybridized carbons (Fsp3) is 0. The van der Waals surface area contributed by atoms with Gasteiger partial charge >= 0.3 is 0 Å². The van der Waals surface area contributed by atoms with Gasteiger partial charge in [0.05, 0.1) is 5.52 Å². The number of fused-ring (bicyclic) bond motifs is 1. The first-order valence-electron chi connectivity index (χ1n) is 11.2. The Morgan fingerprint density at radius 3 is 1.78 bits per heavy atom. The third kappa shape index (κ3) is 4.67. The highest BCUT2D eigenvalue weighted by Gasteiger charge is 2.14. The minimum atomic E-state index is 0.599. The average Bonchev–Trinajstić information content (AvgIpc) is 2.92. The van der Waals surface area contributed by atoms with Gasteiger partial charge in [0.25, 0.3) is 0 Å². The third-order valence-electron chi connectivity index (χ3n) is 5.77. The quantitative estimate of drug-likeness (QED) is 0.207. The summed E-state index contributed by atoms with van der Waals surface area (Å²) in [5.41, 5.74) is 5.85. The molecule has 0 atom stereocenters. The van der Waals surface area contributed by atoms with E-state index in [9.17, 15) is 0 Å². The summed E-state index contributed by atoms with van der Waals surface area (Å²) in [6.45, 7) is 0. The van der Waals surface area contributed by atoms with E-state index in [1.165, 1.54) is 0 Å². The van der Waals surface area contributed by atoms with E-state index in [0.29, 0.717) is 17.5 Å². The molecular formula is C29H17Br2N5. The van der Waals surface area contributed by atoms with Gasteiger partial charge in [0.1, 0.15) is 0 Å². The molecule has 0 aliphatic carbocycles. The van der Waals surface area contributed by atoms with E-state index in [1.807, 2.05) is 66.7 Å². The van der Waals surface area contributed by atoms with Gasteiger partial charge in [0, 0.05) is 49.6 Å². The summed E-state index contributed by atoms with van der Waals surface area (Å²) in [7, 11) is 0. The molecule has 0 amide bonds. The van der Waals surface area contributed by atoms with Gasteiger partial charge in [-0.25, -0.2) is 15.0 Å². The van der Waals surface area contributed by atoms with Crippen LogP contribution in [-0.2, 0) is 0 Å². The summed E-state index contributed by atoms with van der Waals surface area (Å²) in [6, 6.07) is 28.2. The SMILES string of the molecule is Brc1cc(Br)cc(-c2nc(-c3ccc(-c4ccncc4)cc3)nc(-c3ccc4ncccc4c3)n2)c1. The molecule has 0 N–H and O–H groups in total. The van der Waals surface area contributed by atoms with Crippen LogP contribution < -0.4 is 0 Å². The first kappa shape index (κ1) is 22.6. The second-order valence-corrected chi connectivity index (χ2v) is 10.0. The molecule has 3 heterocycles. The molecule has 0 aliphatic rings. The van der Waals surface area contributed by atoms with Crippen molar-refractivity contribution < 1.29 is 0 Å². The van der Waals surface area contributed by atoms with E-state index in [0.717, 1.165) is 47.7 Å². The van der Waals surface area contributed by atoms with Crippen molar-refractivity contribution in [1.29, 1.82) is 0 Å². The van der Waals surface area contributed by atoms with Crippen molar-refractivity contribution in [1.82, 2.24) is 24.9 Å². The summed E-state index contributed by atoms with van der Waals surface area (Å²) in [5, 5.41) is 1.03. The number of pyridine rings is 2. The average molecular weight is 595 g/mol. The summed E-state index contributed by atoms with van der Waals surface area (Å²) >= 11 is 7.16. The summed E-state index contributed by atoms with van der Waals surface area (Å²) in [5.74, 6) is 1.82. The molecule has 6 rings (SSSR count). The van der Waals surface area contributed by atoms with Gasteiger partial charge in [-0.3, -0.25) is 9.97 Å². The molecule has 0 saturated heterocycles. The molecule has 0 bridgehead atoms. The Morgan fingerprint density at radius 1 is 0.472 bits per heavy atom. The molecule has 6 aromatic rings. The fourth-order valence-corrected chi connectivity index (χ4v) is 5.31. The van der Waals surface area contributed by atoms with E-state index in [1.54, 1.807) is 18.6 Å². The van der Waals surface area contributed by atoms with Crippen LogP contribution in [0.4, 0.5) is 0 Å². The lowest BCUT2D eigenvalue weighted by Gasteiger charge is -2.10. The molecule has 5 nitrogen and oxygen atoms in total. The summed E-state index contributed by atoms with van der Waals surface area (Å²) < 4.78 is 1.88. The van der Waals surface area contributed by atoms with Crippen molar-refractivity contribution in [2.24, 2.45) is 0 Å². The molecule has 0 radical (unpaired) electrons. The van der Waals surface area contributed by atoms with E-state index in [2.05, 4.69) is 60.0 Å². The molecule has 3 aromatic carbocycles. The van der Waals surface area contributed by atoms with Crippen LogP contribution in [0.1, 0.15) is 0 Å². The topological polar surface area (TPSA) is 64.5 Å². The molecule has 0 unspecified atom stereocenters. The van der Waals surface area contributed by atoms with Crippen molar-refractivity contribution in [2.75, 3.05) is 0 Å². The Balaban J connectivity index is 1.50. The fourth-order valence-electron chi connectivity index (χ4n) is 4.02. The Labute approximate surface area is 224 Å². The van der Waals surface area contributed by atoms with Crippen LogP contribution in [-0.4, -0.2) is 24.9 Å². The Hall–Kier alpha value is -3.81. The van der Waals surface area contributed by atoms with Crippen molar-refractivity contribution in [3.05, 3.63) is 112 Å². The number of hydrogen-bond acceptors (Lipinski definition) is 5. The summed E-state index contributed by atoms with van der Waals surface area (Å²) in [6.07, 6.45) is 5.38. The number of nitrogens with zero attached hydrogens (tertiary/aromatic N) is 5. The molecule has 7 heteroatoms. The highest BCUT2D eigenvalue weighted by Crippen LogP contribution is 2.30. The molecule has 0 saturated carbocycles. The van der Waals surface area contributed by atoms with Crippen molar-refractivity contribution in [2.45, 2.75) is 0 Å². The van der Waals surface area contributed by atoms with E-state index < -0.39 is 0 Å². The number of rotatable bonds is 4. The molecule has 172 valence electrons. The van der Waals surface area contributed by atoms with Gasteiger partial charge in [-0.2, -0.15) is 0 Å². The van der Waals surface area contributed by atoms with Crippen LogP contribution in [0.3, 0.4) is 0 Å². The van der Waals surface area contributed by atoms with Gasteiger partial charge in [0.2, 0.25) is 0 Å². The normalized spacial score (nSPS) is 11.1. The van der Waals surface area contributed by atoms with Crippen LogP contribution in [0, 0.1) is 0 Å². The second-order valence-electron chi connectivity index (χ2n) is 8.19. The Bertz CT molecular complexity index is 1680. The maximum absolute atomic E-state index is 4.88. The Morgan fingerprint density at radius 2 is 1.06 bits per heavy atom. The predicted octanol–water partition coefficient (Wildman–Crippen LogP) is 8.01. The van der Waals surface area contributed by atoms with Gasteiger partial charge in [-0.05, 0) is 65.7 Å². The smallest absolute Gasteiger partial charge is 0.164 e. The van der Waals surface area contributed by atoms with Crippen LogP contribution in [0.15, 0.2) is 112 Å². The van der Waals surface area contributed by atoms with E-state index >= 15 is 0 Å². The van der Waals surface area contributed by atoms with Gasteiger partial charge in [-0.15, -0.1) is 0 Å². The largest absolute Gasteiger partial charge is 0.265 e. The molecule has 0 aliphatic heterocycles. The Kier molecular flexibility index (Phi) is 6.09. The van der Waals surface area contributed by atoms with Crippen LogP contribution in [0.25, 0.3) is 56.2 Å². The molecule has 3 aromatic heterocycles. The summed E-state index contributed by atoms with van der Waals surface area (Å²) in [4.78, 5) is 23.1. The number of halogens is 2. The van der Waals surface area contributed by atoms with E-state index in [-0.39, 0.29) is 0 Å². The van der Waals surface area contributed by atoms with E-state index in [4.69, 9.17) is 15.0 Å². The molecular weight excluding hydrogens is 578 g/mol. The standard InChI is InChI=1S/C29H17Br2N5/c30-24-15-23(16-25(31)17-24)29-35-27(20-5-3-18(4-6-20)19-9-12-32-13-10-19)34-28(36-29)22-7-8-26-21(14-22)2-1-11-33-26/h1-17H. The van der Waals surface area contributed by atoms with Crippen LogP contribution >= 0.6 is 31.9 Å². The minimum absolute atomic E-state index is 0.599. The third-order valence-corrected chi connectivity index (χ3v) is 6.69. The van der Waals surface area contributed by atoms with Crippen molar-refractivity contribution >= 4 is 42.8 Å². The van der Waals surface area contributed by atoms with Crippen LogP contribution in [0.5, 0.6) is 0 Å². The second kappa shape index (κ2) is 9.68. The lowest BCUT2D eigenvalue weighted by molar-refractivity contribution is 1.07. The lowest BCUT2D eigenvalue weighted by Crippen LogP contribution is -2.00. The number of benzene rings is 3. The van der Waals surface area contributed by atoms with Gasteiger partial charge < -0.3 is 0 Å². The highest BCUT2D eigenvalue weighted by molar-refractivity contribution is 9.11. The molecule has 0 spiro atoms. The zero-order chi connectivity index (χ0) is 24.5.